The lowest BCUT2D eigenvalue weighted by Gasteiger charge is -2.34. The number of halogens is 1. The van der Waals surface area contributed by atoms with Gasteiger partial charge in [0.25, 0.3) is 10.0 Å². The van der Waals surface area contributed by atoms with Crippen molar-refractivity contribution in [2.24, 2.45) is 0 Å². The molecule has 0 bridgehead atoms. The van der Waals surface area contributed by atoms with E-state index in [-0.39, 0.29) is 35.5 Å². The molecule has 1 N–H and O–H groups in total. The molecule has 0 aromatic heterocycles. The minimum absolute atomic E-state index is 0.00551. The number of carbonyl (C=O) groups is 2. The van der Waals surface area contributed by atoms with Crippen LogP contribution in [0.4, 0.5) is 10.1 Å². The highest BCUT2D eigenvalue weighted by molar-refractivity contribution is 7.92. The Morgan fingerprint density at radius 1 is 0.765 bits per heavy atom. The molecule has 0 heterocycles. The van der Waals surface area contributed by atoms with E-state index in [1.807, 2.05) is 69.3 Å². The average Bonchev–Trinajstić information content (AvgIpc) is 3.14. The maximum Gasteiger partial charge on any atom is 0.264 e. The van der Waals surface area contributed by atoms with Crippen LogP contribution in [-0.4, -0.2) is 43.8 Å². The van der Waals surface area contributed by atoms with Crippen molar-refractivity contribution in [1.29, 1.82) is 0 Å². The number of para-hydroxylation sites is 1. The minimum atomic E-state index is -4.28. The van der Waals surface area contributed by atoms with Gasteiger partial charge in [-0.2, -0.15) is 0 Å². The molecule has 10 heteroatoms. The molecule has 2 atom stereocenters. The third-order valence-corrected chi connectivity index (χ3v) is 10.3. The van der Waals surface area contributed by atoms with Gasteiger partial charge in [-0.15, -0.1) is 0 Å². The predicted molar refractivity (Wildman–Crippen MR) is 197 cm³/mol. The van der Waals surface area contributed by atoms with Crippen LogP contribution in [0.5, 0.6) is 11.5 Å². The number of nitrogens with one attached hydrogen (secondary N) is 1. The van der Waals surface area contributed by atoms with Crippen LogP contribution in [0.3, 0.4) is 0 Å². The molecule has 0 radical (unpaired) electrons. The first-order valence-electron chi connectivity index (χ1n) is 16.8. The number of nitrogens with zero attached hydrogens (tertiary/aromatic N) is 2. The van der Waals surface area contributed by atoms with Crippen LogP contribution < -0.4 is 14.4 Å². The van der Waals surface area contributed by atoms with Crippen LogP contribution in [0, 0.1) is 12.7 Å². The van der Waals surface area contributed by atoms with Gasteiger partial charge in [0, 0.05) is 19.0 Å². The van der Waals surface area contributed by atoms with Crippen LogP contribution in [-0.2, 0) is 32.6 Å². The quantitative estimate of drug-likeness (QED) is 0.121. The maximum atomic E-state index is 14.7. The van der Waals surface area contributed by atoms with Gasteiger partial charge in [-0.05, 0) is 92.1 Å². The summed E-state index contributed by atoms with van der Waals surface area (Å²) in [6.07, 6.45) is 0.842. The first kappa shape index (κ1) is 36.8. The number of hydrogen-bond donors (Lipinski definition) is 1. The number of aryl methyl sites for hydroxylation is 1. The fourth-order valence-corrected chi connectivity index (χ4v) is 6.87. The third kappa shape index (κ3) is 9.82. The molecule has 2 amide bonds. The Morgan fingerprint density at radius 2 is 1.35 bits per heavy atom. The van der Waals surface area contributed by atoms with E-state index in [1.165, 1.54) is 29.2 Å². The van der Waals surface area contributed by atoms with Crippen LogP contribution in [0.1, 0.15) is 37.0 Å². The summed E-state index contributed by atoms with van der Waals surface area (Å²) in [5.41, 5.74) is 2.50. The molecule has 0 spiro atoms. The number of amides is 2. The predicted octanol–water partition coefficient (Wildman–Crippen LogP) is 7.68. The SMILES string of the molecule is CC[C@H](C)NC(=O)[C@H](Cc1ccccc1)N(Cc1ccc(F)cc1)C(=O)CN(c1ccc(Oc2ccccc2)cc1)S(=O)(=O)c1ccc(C)cc1. The molecule has 0 aliphatic heterocycles. The Kier molecular flexibility index (Phi) is 12.2. The molecular formula is C41H42FN3O5S. The molecule has 0 saturated heterocycles. The van der Waals surface area contributed by atoms with Gasteiger partial charge in [-0.1, -0.05) is 85.3 Å². The van der Waals surface area contributed by atoms with E-state index in [0.29, 0.717) is 23.5 Å². The van der Waals surface area contributed by atoms with Gasteiger partial charge in [0.05, 0.1) is 10.6 Å². The van der Waals surface area contributed by atoms with Gasteiger partial charge in [0.2, 0.25) is 11.8 Å². The van der Waals surface area contributed by atoms with E-state index in [9.17, 15) is 22.4 Å². The smallest absolute Gasteiger partial charge is 0.264 e. The highest BCUT2D eigenvalue weighted by Gasteiger charge is 2.35. The Hall–Kier alpha value is -5.48. The summed E-state index contributed by atoms with van der Waals surface area (Å²) in [6.45, 7) is 5.01. The normalized spacial score (nSPS) is 12.4. The number of benzene rings is 5. The number of hydrogen-bond acceptors (Lipinski definition) is 5. The molecule has 0 saturated carbocycles. The zero-order valence-electron chi connectivity index (χ0n) is 28.9. The summed E-state index contributed by atoms with van der Waals surface area (Å²) in [4.78, 5) is 30.1. The lowest BCUT2D eigenvalue weighted by molar-refractivity contribution is -0.140. The molecular weight excluding hydrogens is 666 g/mol. The fraction of sp³-hybridized carbons (Fsp3) is 0.220. The Labute approximate surface area is 299 Å². The standard InChI is InChI=1S/C41H42FN3O5S/c1-4-31(3)43-41(47)39(27-32-11-7-5-8-12-32)44(28-33-17-19-34(42)20-18-33)40(46)29-45(51(48,49)38-25-15-30(2)16-26-38)35-21-23-37(24-22-35)50-36-13-9-6-10-14-36/h5-26,31,39H,4,27-29H2,1-3H3,(H,43,47)/t31-,39-/m0/s1. The lowest BCUT2D eigenvalue weighted by atomic mass is 10.0. The monoisotopic (exact) mass is 707 g/mol. The van der Waals surface area contributed by atoms with Crippen molar-refractivity contribution < 1.29 is 27.1 Å². The molecule has 0 aliphatic carbocycles. The first-order chi connectivity index (χ1) is 24.5. The summed E-state index contributed by atoms with van der Waals surface area (Å²) < 4.78 is 49.6. The van der Waals surface area contributed by atoms with E-state index in [4.69, 9.17) is 4.74 Å². The highest BCUT2D eigenvalue weighted by atomic mass is 32.2. The van der Waals surface area contributed by atoms with Crippen LogP contribution in [0.25, 0.3) is 0 Å². The Balaban J connectivity index is 1.56. The topological polar surface area (TPSA) is 96.0 Å². The zero-order valence-corrected chi connectivity index (χ0v) is 29.7. The van der Waals surface area contributed by atoms with Gasteiger partial charge < -0.3 is 15.0 Å². The summed E-state index contributed by atoms with van der Waals surface area (Å²) in [5.74, 6) is -0.339. The molecule has 5 aromatic rings. The largest absolute Gasteiger partial charge is 0.457 e. The van der Waals surface area contributed by atoms with Crippen molar-refractivity contribution >= 4 is 27.5 Å². The number of sulfonamides is 1. The van der Waals surface area contributed by atoms with E-state index in [2.05, 4.69) is 5.32 Å². The second-order valence-electron chi connectivity index (χ2n) is 12.4. The number of ether oxygens (including phenoxy) is 1. The lowest BCUT2D eigenvalue weighted by Crippen LogP contribution is -2.54. The van der Waals surface area contributed by atoms with E-state index in [0.717, 1.165) is 15.4 Å². The summed E-state index contributed by atoms with van der Waals surface area (Å²) in [5, 5.41) is 3.01. The molecule has 51 heavy (non-hydrogen) atoms. The maximum absolute atomic E-state index is 14.7. The third-order valence-electron chi connectivity index (χ3n) is 8.53. The number of rotatable bonds is 15. The van der Waals surface area contributed by atoms with Gasteiger partial charge in [0.1, 0.15) is 29.9 Å². The summed E-state index contributed by atoms with van der Waals surface area (Å²) in [7, 11) is -4.28. The molecule has 0 unspecified atom stereocenters. The molecule has 8 nitrogen and oxygen atoms in total. The van der Waals surface area contributed by atoms with Crippen molar-refractivity contribution in [1.82, 2.24) is 10.2 Å². The van der Waals surface area contributed by atoms with E-state index < -0.39 is 34.3 Å². The second kappa shape index (κ2) is 17.0. The van der Waals surface area contributed by atoms with Gasteiger partial charge in [-0.3, -0.25) is 13.9 Å². The second-order valence-corrected chi connectivity index (χ2v) is 14.3. The van der Waals surface area contributed by atoms with Crippen molar-refractivity contribution in [3.05, 3.63) is 156 Å². The van der Waals surface area contributed by atoms with Crippen LogP contribution in [0.15, 0.2) is 138 Å². The van der Waals surface area contributed by atoms with Crippen molar-refractivity contribution in [3.8, 4) is 11.5 Å². The molecule has 0 fully saturated rings. The summed E-state index contributed by atoms with van der Waals surface area (Å²) in [6, 6.07) is 35.8. The number of carbonyl (C=O) groups excluding carboxylic acids is 2. The van der Waals surface area contributed by atoms with Gasteiger partial charge in [-0.25, -0.2) is 12.8 Å². The average molecular weight is 708 g/mol. The molecule has 0 aliphatic rings. The van der Waals surface area contributed by atoms with Crippen molar-refractivity contribution in [3.63, 3.8) is 0 Å². The van der Waals surface area contributed by atoms with E-state index >= 15 is 0 Å². The molecule has 5 aromatic carbocycles. The van der Waals surface area contributed by atoms with Gasteiger partial charge >= 0.3 is 0 Å². The fourth-order valence-electron chi connectivity index (χ4n) is 5.45. The highest BCUT2D eigenvalue weighted by Crippen LogP contribution is 2.29. The van der Waals surface area contributed by atoms with Crippen molar-refractivity contribution in [2.45, 2.75) is 57.1 Å². The van der Waals surface area contributed by atoms with E-state index in [1.54, 1.807) is 60.7 Å². The Morgan fingerprint density at radius 3 is 1.96 bits per heavy atom. The van der Waals surface area contributed by atoms with Gasteiger partial charge in [0.15, 0.2) is 0 Å². The minimum Gasteiger partial charge on any atom is -0.457 e. The molecule has 264 valence electrons. The Bertz CT molecular complexity index is 1990. The van der Waals surface area contributed by atoms with Crippen LogP contribution in [0.2, 0.25) is 0 Å². The van der Waals surface area contributed by atoms with Crippen molar-refractivity contribution in [2.75, 3.05) is 10.8 Å². The van der Waals surface area contributed by atoms with Crippen LogP contribution >= 0.6 is 0 Å². The first-order valence-corrected chi connectivity index (χ1v) is 18.3. The molecule has 5 rings (SSSR count). The zero-order chi connectivity index (χ0) is 36.4. The summed E-state index contributed by atoms with van der Waals surface area (Å²) >= 11 is 0. The number of anilines is 1.